The van der Waals surface area contributed by atoms with Crippen LogP contribution in [-0.4, -0.2) is 22.4 Å². The van der Waals surface area contributed by atoms with Crippen molar-refractivity contribution in [1.82, 2.24) is 15.1 Å². The Balaban J connectivity index is 1.66. The molecule has 1 aromatic rings. The van der Waals surface area contributed by atoms with E-state index in [1.54, 1.807) is 0 Å². The summed E-state index contributed by atoms with van der Waals surface area (Å²) in [6.07, 6.45) is 1.38. The molecule has 0 atom stereocenters. The van der Waals surface area contributed by atoms with Gasteiger partial charge in [-0.2, -0.15) is 18.3 Å². The molecule has 1 N–H and O–H groups in total. The van der Waals surface area contributed by atoms with Crippen LogP contribution < -0.4 is 5.32 Å². The Hall–Kier alpha value is -1.04. The van der Waals surface area contributed by atoms with Crippen molar-refractivity contribution in [2.75, 3.05) is 6.54 Å². The number of hydrogen-bond acceptors (Lipinski definition) is 2. The van der Waals surface area contributed by atoms with Crippen LogP contribution in [0.5, 0.6) is 0 Å². The SMILES string of the molecule is FC(F)(F)c1ccn(CCCCNC2CC2)n1. The van der Waals surface area contributed by atoms with Gasteiger partial charge in [0, 0.05) is 18.8 Å². The first-order chi connectivity index (χ1) is 8.05. The van der Waals surface area contributed by atoms with Crippen molar-refractivity contribution in [2.45, 2.75) is 44.4 Å². The van der Waals surface area contributed by atoms with E-state index in [9.17, 15) is 13.2 Å². The number of halogens is 3. The van der Waals surface area contributed by atoms with Gasteiger partial charge in [-0.1, -0.05) is 0 Å². The van der Waals surface area contributed by atoms with Gasteiger partial charge in [0.1, 0.15) is 0 Å². The second kappa shape index (κ2) is 5.08. The van der Waals surface area contributed by atoms with E-state index in [1.165, 1.54) is 23.7 Å². The molecule has 1 heterocycles. The highest BCUT2D eigenvalue weighted by Gasteiger charge is 2.33. The molecule has 0 aromatic carbocycles. The van der Waals surface area contributed by atoms with Crippen molar-refractivity contribution in [3.05, 3.63) is 18.0 Å². The lowest BCUT2D eigenvalue weighted by Crippen LogP contribution is -2.17. The van der Waals surface area contributed by atoms with Gasteiger partial charge in [-0.3, -0.25) is 4.68 Å². The molecular formula is C11H16F3N3. The number of aryl methyl sites for hydroxylation is 1. The van der Waals surface area contributed by atoms with Crippen molar-refractivity contribution in [2.24, 2.45) is 0 Å². The number of alkyl halides is 3. The van der Waals surface area contributed by atoms with E-state index in [1.807, 2.05) is 0 Å². The van der Waals surface area contributed by atoms with Crippen molar-refractivity contribution in [3.63, 3.8) is 0 Å². The lowest BCUT2D eigenvalue weighted by atomic mass is 10.3. The van der Waals surface area contributed by atoms with Crippen LogP contribution in [0.1, 0.15) is 31.4 Å². The molecule has 0 bridgehead atoms. The molecule has 1 fully saturated rings. The molecule has 1 aromatic heterocycles. The Morgan fingerprint density at radius 2 is 2.12 bits per heavy atom. The maximum Gasteiger partial charge on any atom is 0.435 e. The topological polar surface area (TPSA) is 29.9 Å². The summed E-state index contributed by atoms with van der Waals surface area (Å²) in [6, 6.07) is 1.71. The second-order valence-corrected chi connectivity index (χ2v) is 4.40. The van der Waals surface area contributed by atoms with Crippen LogP contribution in [-0.2, 0) is 12.7 Å². The van der Waals surface area contributed by atoms with Crippen molar-refractivity contribution in [1.29, 1.82) is 0 Å². The number of nitrogens with zero attached hydrogens (tertiary/aromatic N) is 2. The molecule has 0 amide bonds. The normalized spacial score (nSPS) is 16.4. The average Bonchev–Trinajstić information content (AvgIpc) is 2.92. The maximum atomic E-state index is 12.3. The molecule has 2 rings (SSSR count). The third kappa shape index (κ3) is 4.03. The Labute approximate surface area is 98.0 Å². The van der Waals surface area contributed by atoms with Gasteiger partial charge in [0.2, 0.25) is 0 Å². The minimum absolute atomic E-state index is 0.544. The predicted octanol–water partition coefficient (Wildman–Crippen LogP) is 2.43. The first-order valence-corrected chi connectivity index (χ1v) is 5.90. The summed E-state index contributed by atoms with van der Waals surface area (Å²) in [7, 11) is 0. The van der Waals surface area contributed by atoms with E-state index in [2.05, 4.69) is 10.4 Å². The molecule has 0 spiro atoms. The van der Waals surface area contributed by atoms with Crippen molar-refractivity contribution >= 4 is 0 Å². The zero-order valence-electron chi connectivity index (χ0n) is 9.50. The number of rotatable bonds is 6. The highest BCUT2D eigenvalue weighted by atomic mass is 19.4. The van der Waals surface area contributed by atoms with E-state index < -0.39 is 11.9 Å². The molecule has 1 aliphatic carbocycles. The molecular weight excluding hydrogens is 231 g/mol. The van der Waals surface area contributed by atoms with Crippen LogP contribution in [0.4, 0.5) is 13.2 Å². The minimum Gasteiger partial charge on any atom is -0.314 e. The zero-order chi connectivity index (χ0) is 12.3. The Kier molecular flexibility index (Phi) is 3.71. The van der Waals surface area contributed by atoms with Crippen LogP contribution in [0.2, 0.25) is 0 Å². The Morgan fingerprint density at radius 1 is 1.35 bits per heavy atom. The summed E-state index contributed by atoms with van der Waals surface area (Å²) in [5, 5.41) is 6.86. The van der Waals surface area contributed by atoms with Crippen LogP contribution >= 0.6 is 0 Å². The standard InChI is InChI=1S/C11H16F3N3/c12-11(13,14)10-5-8-17(16-10)7-2-1-6-15-9-3-4-9/h5,8-9,15H,1-4,6-7H2. The summed E-state index contributed by atoms with van der Waals surface area (Å²) in [6.45, 7) is 1.49. The fourth-order valence-electron chi connectivity index (χ4n) is 1.63. The Bertz CT molecular complexity index is 355. The van der Waals surface area contributed by atoms with Gasteiger partial charge >= 0.3 is 6.18 Å². The molecule has 6 heteroatoms. The number of aromatic nitrogens is 2. The summed E-state index contributed by atoms with van der Waals surface area (Å²) < 4.78 is 38.1. The predicted molar refractivity (Wildman–Crippen MR) is 57.5 cm³/mol. The second-order valence-electron chi connectivity index (χ2n) is 4.40. The van der Waals surface area contributed by atoms with Gasteiger partial charge in [0.05, 0.1) is 0 Å². The molecule has 0 unspecified atom stereocenters. The molecule has 0 radical (unpaired) electrons. The molecule has 17 heavy (non-hydrogen) atoms. The van der Waals surface area contributed by atoms with E-state index in [-0.39, 0.29) is 0 Å². The van der Waals surface area contributed by atoms with Crippen LogP contribution in [0.15, 0.2) is 12.3 Å². The van der Waals surface area contributed by atoms with Gasteiger partial charge in [0.25, 0.3) is 0 Å². The quantitative estimate of drug-likeness (QED) is 0.782. The first kappa shape index (κ1) is 12.4. The number of hydrogen-bond donors (Lipinski definition) is 1. The molecule has 96 valence electrons. The first-order valence-electron chi connectivity index (χ1n) is 5.90. The summed E-state index contributed by atoms with van der Waals surface area (Å²) >= 11 is 0. The highest BCUT2D eigenvalue weighted by Crippen LogP contribution is 2.27. The Morgan fingerprint density at radius 3 is 2.71 bits per heavy atom. The van der Waals surface area contributed by atoms with Crippen molar-refractivity contribution in [3.8, 4) is 0 Å². The number of unbranched alkanes of at least 4 members (excludes halogenated alkanes) is 1. The van der Waals surface area contributed by atoms with Crippen molar-refractivity contribution < 1.29 is 13.2 Å². The smallest absolute Gasteiger partial charge is 0.314 e. The molecule has 3 nitrogen and oxygen atoms in total. The molecule has 0 aliphatic heterocycles. The minimum atomic E-state index is -4.33. The van der Waals surface area contributed by atoms with E-state index in [0.717, 1.165) is 25.5 Å². The average molecular weight is 247 g/mol. The number of nitrogens with one attached hydrogen (secondary N) is 1. The largest absolute Gasteiger partial charge is 0.435 e. The highest BCUT2D eigenvalue weighted by molar-refractivity contribution is 5.03. The monoisotopic (exact) mass is 247 g/mol. The third-order valence-electron chi connectivity index (χ3n) is 2.76. The van der Waals surface area contributed by atoms with E-state index in [4.69, 9.17) is 0 Å². The van der Waals surface area contributed by atoms with Crippen LogP contribution in [0.3, 0.4) is 0 Å². The molecule has 0 saturated heterocycles. The van der Waals surface area contributed by atoms with Gasteiger partial charge in [0.15, 0.2) is 5.69 Å². The summed E-state index contributed by atoms with van der Waals surface area (Å²) in [5.41, 5.74) is -0.811. The fourth-order valence-corrected chi connectivity index (χ4v) is 1.63. The summed E-state index contributed by atoms with van der Waals surface area (Å²) in [5.74, 6) is 0. The molecule has 1 aliphatic rings. The molecule has 1 saturated carbocycles. The van der Waals surface area contributed by atoms with Gasteiger partial charge in [-0.25, -0.2) is 0 Å². The van der Waals surface area contributed by atoms with E-state index in [0.29, 0.717) is 12.6 Å². The lowest BCUT2D eigenvalue weighted by molar-refractivity contribution is -0.141. The van der Waals surface area contributed by atoms with Crippen LogP contribution in [0.25, 0.3) is 0 Å². The fraction of sp³-hybridized carbons (Fsp3) is 0.727. The van der Waals surface area contributed by atoms with E-state index >= 15 is 0 Å². The van der Waals surface area contributed by atoms with Gasteiger partial charge in [-0.15, -0.1) is 0 Å². The summed E-state index contributed by atoms with van der Waals surface area (Å²) in [4.78, 5) is 0. The van der Waals surface area contributed by atoms with Crippen LogP contribution in [0, 0.1) is 0 Å². The lowest BCUT2D eigenvalue weighted by Gasteiger charge is -2.04. The zero-order valence-corrected chi connectivity index (χ0v) is 9.50. The third-order valence-corrected chi connectivity index (χ3v) is 2.76. The van der Waals surface area contributed by atoms with Gasteiger partial charge in [-0.05, 0) is 38.3 Å². The maximum absolute atomic E-state index is 12.3. The van der Waals surface area contributed by atoms with Gasteiger partial charge < -0.3 is 5.32 Å².